The number of carbonyl (C=O) groups excluding carboxylic acids is 1. The van der Waals surface area contributed by atoms with Crippen molar-refractivity contribution in [1.82, 2.24) is 4.57 Å². The number of fused-ring (bicyclic) bond motifs is 1. The topological polar surface area (TPSA) is 52.5 Å². The maximum absolute atomic E-state index is 12.4. The van der Waals surface area contributed by atoms with E-state index in [0.717, 1.165) is 10.9 Å². The molecule has 3 rings (SSSR count). The summed E-state index contributed by atoms with van der Waals surface area (Å²) in [4.78, 5) is 12.4. The first-order valence-electron chi connectivity index (χ1n) is 7.37. The molecule has 1 heterocycles. The molecule has 0 saturated heterocycles. The molecule has 0 radical (unpaired) electrons. The molecular weight excluding hydrogens is 328 g/mol. The van der Waals surface area contributed by atoms with E-state index < -0.39 is 0 Å². The highest BCUT2D eigenvalue weighted by molar-refractivity contribution is 6.31. The van der Waals surface area contributed by atoms with Crippen molar-refractivity contribution in [2.45, 2.75) is 6.54 Å². The summed E-state index contributed by atoms with van der Waals surface area (Å²) in [6.45, 7) is 0.180. The van der Waals surface area contributed by atoms with E-state index in [0.29, 0.717) is 22.2 Å². The summed E-state index contributed by atoms with van der Waals surface area (Å²) in [6.07, 6.45) is 1.87. The Hall–Kier alpha value is -2.66. The minimum absolute atomic E-state index is 0.157. The molecule has 124 valence electrons. The number of rotatable bonds is 5. The Kier molecular flexibility index (Phi) is 4.62. The monoisotopic (exact) mass is 344 g/mol. The summed E-state index contributed by atoms with van der Waals surface area (Å²) in [6, 6.07) is 12.8. The average Bonchev–Trinajstić information content (AvgIpc) is 2.97. The number of hydrogen-bond donors (Lipinski definition) is 1. The van der Waals surface area contributed by atoms with E-state index in [2.05, 4.69) is 5.32 Å². The summed E-state index contributed by atoms with van der Waals surface area (Å²) in [7, 11) is 3.13. The first kappa shape index (κ1) is 16.2. The van der Waals surface area contributed by atoms with Gasteiger partial charge in [-0.2, -0.15) is 0 Å². The van der Waals surface area contributed by atoms with Gasteiger partial charge in [-0.3, -0.25) is 4.79 Å². The first-order valence-corrected chi connectivity index (χ1v) is 7.75. The van der Waals surface area contributed by atoms with E-state index in [9.17, 15) is 4.79 Å². The van der Waals surface area contributed by atoms with Crippen LogP contribution in [0.4, 0.5) is 5.69 Å². The zero-order chi connectivity index (χ0) is 17.1. The van der Waals surface area contributed by atoms with E-state index in [-0.39, 0.29) is 12.5 Å². The molecule has 6 heteroatoms. The maximum atomic E-state index is 12.4. The molecule has 0 bridgehead atoms. The van der Waals surface area contributed by atoms with Gasteiger partial charge in [-0.25, -0.2) is 0 Å². The van der Waals surface area contributed by atoms with Crippen LogP contribution in [0.3, 0.4) is 0 Å². The van der Waals surface area contributed by atoms with Gasteiger partial charge in [-0.05, 0) is 35.7 Å². The zero-order valence-corrected chi connectivity index (χ0v) is 14.1. The van der Waals surface area contributed by atoms with E-state index in [1.165, 1.54) is 0 Å². The van der Waals surface area contributed by atoms with Crippen LogP contribution in [-0.2, 0) is 11.3 Å². The van der Waals surface area contributed by atoms with Crippen LogP contribution < -0.4 is 14.8 Å². The van der Waals surface area contributed by atoms with Crippen molar-refractivity contribution >= 4 is 34.1 Å². The third kappa shape index (κ3) is 3.31. The third-order valence-electron chi connectivity index (χ3n) is 3.73. The van der Waals surface area contributed by atoms with Crippen molar-refractivity contribution in [2.75, 3.05) is 19.5 Å². The standard InChI is InChI=1S/C18H17ClN2O3/c1-23-14-5-6-15(17(10-14)24-2)20-18(22)11-21-8-7-12-3-4-13(19)9-16(12)21/h3-10H,11H2,1-2H3,(H,20,22). The molecule has 1 N–H and O–H groups in total. The number of hydrogen-bond acceptors (Lipinski definition) is 3. The van der Waals surface area contributed by atoms with Gasteiger partial charge < -0.3 is 19.4 Å². The normalized spacial score (nSPS) is 10.6. The number of carbonyl (C=O) groups is 1. The van der Waals surface area contributed by atoms with Crippen molar-refractivity contribution in [3.05, 3.63) is 53.7 Å². The quantitative estimate of drug-likeness (QED) is 0.762. The predicted octanol–water partition coefficient (Wildman–Crippen LogP) is 3.95. The van der Waals surface area contributed by atoms with Crippen molar-refractivity contribution < 1.29 is 14.3 Å². The highest BCUT2D eigenvalue weighted by Crippen LogP contribution is 2.29. The Morgan fingerprint density at radius 2 is 1.96 bits per heavy atom. The van der Waals surface area contributed by atoms with Crippen molar-refractivity contribution in [1.29, 1.82) is 0 Å². The van der Waals surface area contributed by atoms with Crippen molar-refractivity contribution in [3.8, 4) is 11.5 Å². The second-order valence-corrected chi connectivity index (χ2v) is 5.70. The van der Waals surface area contributed by atoms with E-state index in [1.54, 1.807) is 32.4 Å². The molecule has 0 aliphatic rings. The van der Waals surface area contributed by atoms with Crippen LogP contribution in [-0.4, -0.2) is 24.7 Å². The van der Waals surface area contributed by atoms with Gasteiger partial charge in [0.2, 0.25) is 5.91 Å². The molecule has 0 spiro atoms. The predicted molar refractivity (Wildman–Crippen MR) is 95.1 cm³/mol. The lowest BCUT2D eigenvalue weighted by Gasteiger charge is -2.12. The lowest BCUT2D eigenvalue weighted by molar-refractivity contribution is -0.116. The number of nitrogens with one attached hydrogen (secondary N) is 1. The molecule has 5 nitrogen and oxygen atoms in total. The molecular formula is C18H17ClN2O3. The van der Waals surface area contributed by atoms with E-state index >= 15 is 0 Å². The van der Waals surface area contributed by atoms with Crippen LogP contribution >= 0.6 is 11.6 Å². The molecule has 1 aromatic heterocycles. The van der Waals surface area contributed by atoms with Gasteiger partial charge in [0.15, 0.2) is 0 Å². The summed E-state index contributed by atoms with van der Waals surface area (Å²) >= 11 is 6.04. The average molecular weight is 345 g/mol. The number of nitrogens with zero attached hydrogens (tertiary/aromatic N) is 1. The van der Waals surface area contributed by atoms with Crippen molar-refractivity contribution in [3.63, 3.8) is 0 Å². The van der Waals surface area contributed by atoms with Crippen LogP contribution in [0.5, 0.6) is 11.5 Å². The Bertz CT molecular complexity index is 889. The molecule has 24 heavy (non-hydrogen) atoms. The van der Waals surface area contributed by atoms with E-state index in [4.69, 9.17) is 21.1 Å². The molecule has 2 aromatic carbocycles. The van der Waals surface area contributed by atoms with E-state index in [1.807, 2.05) is 35.0 Å². The molecule has 3 aromatic rings. The lowest BCUT2D eigenvalue weighted by atomic mass is 10.2. The molecule has 1 amide bonds. The van der Waals surface area contributed by atoms with Gasteiger partial charge in [-0.1, -0.05) is 17.7 Å². The Morgan fingerprint density at radius 3 is 2.71 bits per heavy atom. The number of methoxy groups -OCH3 is 2. The Labute approximate surface area is 144 Å². The molecule has 0 unspecified atom stereocenters. The van der Waals surface area contributed by atoms with Gasteiger partial charge in [0, 0.05) is 22.8 Å². The fourth-order valence-electron chi connectivity index (χ4n) is 2.54. The van der Waals surface area contributed by atoms with Crippen LogP contribution in [0, 0.1) is 0 Å². The lowest BCUT2D eigenvalue weighted by Crippen LogP contribution is -2.18. The van der Waals surface area contributed by atoms with Gasteiger partial charge in [0.05, 0.1) is 19.9 Å². The number of halogens is 1. The third-order valence-corrected chi connectivity index (χ3v) is 3.97. The molecule has 0 aliphatic carbocycles. The van der Waals surface area contributed by atoms with Gasteiger partial charge in [0.1, 0.15) is 18.0 Å². The molecule has 0 atom stereocenters. The highest BCUT2D eigenvalue weighted by Gasteiger charge is 2.11. The molecule has 0 aliphatic heterocycles. The van der Waals surface area contributed by atoms with Crippen LogP contribution in [0.25, 0.3) is 10.9 Å². The fourth-order valence-corrected chi connectivity index (χ4v) is 2.71. The smallest absolute Gasteiger partial charge is 0.244 e. The Balaban J connectivity index is 1.79. The molecule has 0 saturated carbocycles. The molecule has 0 fully saturated rings. The van der Waals surface area contributed by atoms with Gasteiger partial charge in [-0.15, -0.1) is 0 Å². The SMILES string of the molecule is COc1ccc(NC(=O)Cn2ccc3ccc(Cl)cc32)c(OC)c1. The summed E-state index contributed by atoms with van der Waals surface area (Å²) in [5, 5.41) is 4.53. The number of aromatic nitrogens is 1. The van der Waals surface area contributed by atoms with Crippen LogP contribution in [0.1, 0.15) is 0 Å². The highest BCUT2D eigenvalue weighted by atomic mass is 35.5. The largest absolute Gasteiger partial charge is 0.497 e. The summed E-state index contributed by atoms with van der Waals surface area (Å²) < 4.78 is 12.3. The number of ether oxygens (including phenoxy) is 2. The van der Waals surface area contributed by atoms with Gasteiger partial charge in [0.25, 0.3) is 0 Å². The second-order valence-electron chi connectivity index (χ2n) is 5.26. The fraction of sp³-hybridized carbons (Fsp3) is 0.167. The van der Waals surface area contributed by atoms with Gasteiger partial charge >= 0.3 is 0 Å². The summed E-state index contributed by atoms with van der Waals surface area (Å²) in [5.41, 5.74) is 1.51. The summed E-state index contributed by atoms with van der Waals surface area (Å²) in [5.74, 6) is 1.05. The second kappa shape index (κ2) is 6.84. The first-order chi connectivity index (χ1) is 11.6. The van der Waals surface area contributed by atoms with Crippen LogP contribution in [0.2, 0.25) is 5.02 Å². The van der Waals surface area contributed by atoms with Crippen LogP contribution in [0.15, 0.2) is 48.7 Å². The van der Waals surface area contributed by atoms with Crippen molar-refractivity contribution in [2.24, 2.45) is 0 Å². The number of anilines is 1. The number of amides is 1. The maximum Gasteiger partial charge on any atom is 0.244 e. The minimum atomic E-state index is -0.157. The Morgan fingerprint density at radius 1 is 1.12 bits per heavy atom. The minimum Gasteiger partial charge on any atom is -0.497 e. The number of benzene rings is 2. The zero-order valence-electron chi connectivity index (χ0n) is 13.4.